The maximum Gasteiger partial charge on any atom is 0.0806 e. The van der Waals surface area contributed by atoms with Crippen LogP contribution in [-0.4, -0.2) is 25.3 Å². The smallest absolute Gasteiger partial charge is 0.0806 e. The van der Waals surface area contributed by atoms with E-state index in [1.165, 1.54) is 19.3 Å². The van der Waals surface area contributed by atoms with Gasteiger partial charge in [-0.25, -0.2) is 0 Å². The number of likely N-dealkylation sites (N-methyl/N-ethyl adjacent to an activating group) is 1. The van der Waals surface area contributed by atoms with Gasteiger partial charge in [-0.3, -0.25) is 0 Å². The van der Waals surface area contributed by atoms with Crippen LogP contribution in [0.1, 0.15) is 39.5 Å². The third-order valence-electron chi connectivity index (χ3n) is 2.99. The Labute approximate surface area is 75.7 Å². The Hall–Kier alpha value is -0.0800. The lowest BCUT2D eigenvalue weighted by atomic mass is 9.87. The van der Waals surface area contributed by atoms with E-state index < -0.39 is 0 Å². The zero-order chi connectivity index (χ0) is 9.03. The van der Waals surface area contributed by atoms with Crippen molar-refractivity contribution in [2.75, 3.05) is 13.7 Å². The van der Waals surface area contributed by atoms with Crippen molar-refractivity contribution >= 4 is 0 Å². The monoisotopic (exact) mass is 171 g/mol. The summed E-state index contributed by atoms with van der Waals surface area (Å²) in [6.07, 6.45) is 4.89. The van der Waals surface area contributed by atoms with Crippen molar-refractivity contribution in [2.24, 2.45) is 0 Å². The van der Waals surface area contributed by atoms with Crippen LogP contribution in [0.15, 0.2) is 0 Å². The van der Waals surface area contributed by atoms with E-state index in [9.17, 15) is 0 Å². The van der Waals surface area contributed by atoms with Gasteiger partial charge in [0.15, 0.2) is 0 Å². The average molecular weight is 171 g/mol. The number of ether oxygens (including phenoxy) is 1. The van der Waals surface area contributed by atoms with Crippen LogP contribution in [0.4, 0.5) is 0 Å². The van der Waals surface area contributed by atoms with E-state index in [1.807, 2.05) is 7.05 Å². The quantitative estimate of drug-likeness (QED) is 0.700. The van der Waals surface area contributed by atoms with Crippen molar-refractivity contribution in [3.63, 3.8) is 0 Å². The zero-order valence-corrected chi connectivity index (χ0v) is 8.52. The first-order chi connectivity index (χ1) is 5.73. The van der Waals surface area contributed by atoms with Crippen LogP contribution >= 0.6 is 0 Å². The molecule has 1 aliphatic rings. The van der Waals surface area contributed by atoms with Crippen LogP contribution in [0.5, 0.6) is 0 Å². The van der Waals surface area contributed by atoms with Gasteiger partial charge in [-0.1, -0.05) is 6.92 Å². The van der Waals surface area contributed by atoms with E-state index in [0.29, 0.717) is 6.04 Å². The van der Waals surface area contributed by atoms with Gasteiger partial charge in [0, 0.05) is 12.6 Å². The topological polar surface area (TPSA) is 21.3 Å². The predicted octanol–water partition coefficient (Wildman–Crippen LogP) is 1.94. The molecule has 0 bridgehead atoms. The Morgan fingerprint density at radius 2 is 2.25 bits per heavy atom. The second-order valence-electron chi connectivity index (χ2n) is 3.87. The zero-order valence-electron chi connectivity index (χ0n) is 8.52. The molecular formula is C10H21NO. The summed E-state index contributed by atoms with van der Waals surface area (Å²) < 4.78 is 5.85. The molecule has 1 aliphatic heterocycles. The molecular weight excluding hydrogens is 150 g/mol. The lowest BCUT2D eigenvalue weighted by Gasteiger charge is -2.40. The molecule has 1 N–H and O–H groups in total. The molecule has 0 aromatic rings. The van der Waals surface area contributed by atoms with Gasteiger partial charge >= 0.3 is 0 Å². The van der Waals surface area contributed by atoms with Gasteiger partial charge in [0.2, 0.25) is 0 Å². The van der Waals surface area contributed by atoms with Crippen molar-refractivity contribution in [2.45, 2.75) is 51.2 Å². The fourth-order valence-corrected chi connectivity index (χ4v) is 2.17. The molecule has 2 unspecified atom stereocenters. The van der Waals surface area contributed by atoms with Crippen molar-refractivity contribution < 1.29 is 4.74 Å². The number of rotatable bonds is 3. The molecule has 1 saturated heterocycles. The van der Waals surface area contributed by atoms with Crippen molar-refractivity contribution in [3.05, 3.63) is 0 Å². The summed E-state index contributed by atoms with van der Waals surface area (Å²) in [5, 5.41) is 3.34. The fraction of sp³-hybridized carbons (Fsp3) is 1.00. The summed E-state index contributed by atoms with van der Waals surface area (Å²) in [6, 6.07) is 0.512. The molecule has 0 aliphatic carbocycles. The average Bonchev–Trinajstić information content (AvgIpc) is 2.07. The minimum Gasteiger partial charge on any atom is -0.374 e. The molecule has 2 atom stereocenters. The van der Waals surface area contributed by atoms with E-state index in [-0.39, 0.29) is 5.60 Å². The largest absolute Gasteiger partial charge is 0.374 e. The van der Waals surface area contributed by atoms with E-state index in [4.69, 9.17) is 4.74 Å². The Bertz CT molecular complexity index is 126. The summed E-state index contributed by atoms with van der Waals surface area (Å²) >= 11 is 0. The molecule has 2 heteroatoms. The SMILES string of the molecule is CCC(NC)C1(C)CCCCO1. The lowest BCUT2D eigenvalue weighted by Crippen LogP contribution is -2.50. The van der Waals surface area contributed by atoms with Crippen molar-refractivity contribution in [1.29, 1.82) is 0 Å². The molecule has 1 rings (SSSR count). The third-order valence-corrected chi connectivity index (χ3v) is 2.99. The van der Waals surface area contributed by atoms with Crippen LogP contribution in [0.25, 0.3) is 0 Å². The van der Waals surface area contributed by atoms with E-state index in [1.54, 1.807) is 0 Å². The van der Waals surface area contributed by atoms with Gasteiger partial charge in [-0.15, -0.1) is 0 Å². The maximum atomic E-state index is 5.85. The second kappa shape index (κ2) is 4.24. The number of nitrogens with one attached hydrogen (secondary N) is 1. The minimum absolute atomic E-state index is 0.0851. The van der Waals surface area contributed by atoms with Gasteiger partial charge in [-0.2, -0.15) is 0 Å². The molecule has 0 amide bonds. The number of hydrogen-bond donors (Lipinski definition) is 1. The molecule has 12 heavy (non-hydrogen) atoms. The highest BCUT2D eigenvalue weighted by molar-refractivity contribution is 4.89. The summed E-state index contributed by atoms with van der Waals surface area (Å²) in [5.74, 6) is 0. The molecule has 0 aromatic heterocycles. The van der Waals surface area contributed by atoms with E-state index in [2.05, 4.69) is 19.2 Å². The Morgan fingerprint density at radius 1 is 1.50 bits per heavy atom. The Balaban J connectivity index is 2.53. The molecule has 0 saturated carbocycles. The highest BCUT2D eigenvalue weighted by Crippen LogP contribution is 2.28. The van der Waals surface area contributed by atoms with Crippen LogP contribution in [0.3, 0.4) is 0 Å². The standard InChI is InChI=1S/C10H21NO/c1-4-9(11-3)10(2)7-5-6-8-12-10/h9,11H,4-8H2,1-3H3. The van der Waals surface area contributed by atoms with Crippen LogP contribution in [0.2, 0.25) is 0 Å². The molecule has 0 spiro atoms. The van der Waals surface area contributed by atoms with Crippen LogP contribution in [0, 0.1) is 0 Å². The second-order valence-corrected chi connectivity index (χ2v) is 3.87. The third kappa shape index (κ3) is 1.99. The molecule has 1 heterocycles. The molecule has 2 nitrogen and oxygen atoms in total. The van der Waals surface area contributed by atoms with Gasteiger partial charge < -0.3 is 10.1 Å². The highest BCUT2D eigenvalue weighted by atomic mass is 16.5. The summed E-state index contributed by atoms with van der Waals surface area (Å²) in [4.78, 5) is 0. The van der Waals surface area contributed by atoms with Crippen LogP contribution < -0.4 is 5.32 Å². The first-order valence-corrected chi connectivity index (χ1v) is 5.04. The van der Waals surface area contributed by atoms with Gasteiger partial charge in [0.05, 0.1) is 5.60 Å². The van der Waals surface area contributed by atoms with E-state index in [0.717, 1.165) is 13.0 Å². The molecule has 1 fully saturated rings. The van der Waals surface area contributed by atoms with E-state index >= 15 is 0 Å². The first-order valence-electron chi connectivity index (χ1n) is 5.04. The highest BCUT2D eigenvalue weighted by Gasteiger charge is 2.34. The first kappa shape index (κ1) is 10.0. The number of hydrogen-bond acceptors (Lipinski definition) is 2. The van der Waals surface area contributed by atoms with Gasteiger partial charge in [-0.05, 0) is 39.7 Å². The molecule has 0 aromatic carbocycles. The normalized spacial score (nSPS) is 33.2. The summed E-state index contributed by atoms with van der Waals surface area (Å²) in [7, 11) is 2.03. The summed E-state index contributed by atoms with van der Waals surface area (Å²) in [5.41, 5.74) is 0.0851. The Kier molecular flexibility index (Phi) is 3.53. The minimum atomic E-state index is 0.0851. The van der Waals surface area contributed by atoms with Gasteiger partial charge in [0.25, 0.3) is 0 Å². The molecule has 0 radical (unpaired) electrons. The van der Waals surface area contributed by atoms with Crippen molar-refractivity contribution in [1.82, 2.24) is 5.32 Å². The molecule has 72 valence electrons. The fourth-order valence-electron chi connectivity index (χ4n) is 2.17. The summed E-state index contributed by atoms with van der Waals surface area (Å²) in [6.45, 7) is 5.38. The maximum absolute atomic E-state index is 5.85. The predicted molar refractivity (Wildman–Crippen MR) is 51.3 cm³/mol. The lowest BCUT2D eigenvalue weighted by molar-refractivity contribution is -0.0878. The van der Waals surface area contributed by atoms with Gasteiger partial charge in [0.1, 0.15) is 0 Å². The van der Waals surface area contributed by atoms with Crippen molar-refractivity contribution in [3.8, 4) is 0 Å². The van der Waals surface area contributed by atoms with Crippen LogP contribution in [-0.2, 0) is 4.74 Å². The Morgan fingerprint density at radius 3 is 2.67 bits per heavy atom.